The highest BCUT2D eigenvalue weighted by Gasteiger charge is 2.04. The van der Waals surface area contributed by atoms with Crippen molar-refractivity contribution in [2.24, 2.45) is 7.05 Å². The van der Waals surface area contributed by atoms with Gasteiger partial charge in [-0.25, -0.2) is 23.9 Å². The van der Waals surface area contributed by atoms with Crippen molar-refractivity contribution in [1.29, 1.82) is 0 Å². The molecule has 1 heterocycles. The van der Waals surface area contributed by atoms with Gasteiger partial charge in [-0.3, -0.25) is 4.79 Å². The molecule has 0 spiro atoms. The second-order valence-corrected chi connectivity index (χ2v) is 4.15. The molecule has 0 amide bonds. The van der Waals surface area contributed by atoms with Crippen molar-refractivity contribution in [3.63, 3.8) is 0 Å². The van der Waals surface area contributed by atoms with Gasteiger partial charge in [0.25, 0.3) is 0 Å². The van der Waals surface area contributed by atoms with Crippen LogP contribution in [0.3, 0.4) is 0 Å². The summed E-state index contributed by atoms with van der Waals surface area (Å²) in [4.78, 5) is 33.5. The molecule has 0 radical (unpaired) electrons. The average molecular weight is 257 g/mol. The SMILES string of the molecule is COC(=O)CCCCCCn1[nH]c(=O)n(C)c1=O. The Morgan fingerprint density at radius 2 is 1.89 bits per heavy atom. The monoisotopic (exact) mass is 257 g/mol. The number of hydrogen-bond donors (Lipinski definition) is 1. The molecular weight excluding hydrogens is 238 g/mol. The number of carbonyl (C=O) groups is 1. The minimum atomic E-state index is -0.398. The van der Waals surface area contributed by atoms with Crippen molar-refractivity contribution in [1.82, 2.24) is 14.3 Å². The van der Waals surface area contributed by atoms with Gasteiger partial charge in [0.15, 0.2) is 0 Å². The Bertz CT molecular complexity index is 497. The second kappa shape index (κ2) is 6.83. The van der Waals surface area contributed by atoms with E-state index in [9.17, 15) is 14.4 Å². The number of esters is 1. The number of aromatic nitrogens is 3. The van der Waals surface area contributed by atoms with Gasteiger partial charge >= 0.3 is 17.3 Å². The van der Waals surface area contributed by atoms with E-state index in [1.165, 1.54) is 18.8 Å². The molecule has 0 fully saturated rings. The summed E-state index contributed by atoms with van der Waals surface area (Å²) in [5.41, 5.74) is -0.722. The molecule has 0 saturated heterocycles. The minimum absolute atomic E-state index is 0.196. The first-order valence-electron chi connectivity index (χ1n) is 5.99. The van der Waals surface area contributed by atoms with E-state index in [1.54, 1.807) is 0 Å². The van der Waals surface area contributed by atoms with Gasteiger partial charge in [0.05, 0.1) is 7.11 Å². The molecule has 0 unspecified atom stereocenters. The zero-order valence-electron chi connectivity index (χ0n) is 10.8. The lowest BCUT2D eigenvalue weighted by Gasteiger charge is -2.01. The maximum Gasteiger partial charge on any atom is 0.346 e. The Balaban J connectivity index is 2.22. The lowest BCUT2D eigenvalue weighted by Crippen LogP contribution is -2.25. The lowest BCUT2D eigenvalue weighted by molar-refractivity contribution is -0.140. The number of aromatic amines is 1. The third-order valence-electron chi connectivity index (χ3n) is 2.79. The second-order valence-electron chi connectivity index (χ2n) is 4.15. The normalized spacial score (nSPS) is 10.6. The molecule has 0 bridgehead atoms. The summed E-state index contributed by atoms with van der Waals surface area (Å²) < 4.78 is 6.88. The molecule has 18 heavy (non-hydrogen) atoms. The Morgan fingerprint density at radius 1 is 1.22 bits per heavy atom. The van der Waals surface area contributed by atoms with Gasteiger partial charge in [-0.05, 0) is 12.8 Å². The van der Waals surface area contributed by atoms with E-state index in [4.69, 9.17) is 0 Å². The van der Waals surface area contributed by atoms with Crippen LogP contribution in [0.2, 0.25) is 0 Å². The van der Waals surface area contributed by atoms with E-state index in [1.807, 2.05) is 0 Å². The molecule has 1 aromatic rings. The van der Waals surface area contributed by atoms with Crippen molar-refractivity contribution in [3.8, 4) is 0 Å². The van der Waals surface area contributed by atoms with Crippen LogP contribution in [0.15, 0.2) is 9.59 Å². The summed E-state index contributed by atoms with van der Waals surface area (Å²) in [7, 11) is 2.81. The average Bonchev–Trinajstić information content (AvgIpc) is 2.61. The standard InChI is InChI=1S/C11H19N3O4/c1-13-10(16)12-14(11(13)17)8-6-4-3-5-7-9(15)18-2/h3-8H2,1-2H3,(H,12,16). The smallest absolute Gasteiger partial charge is 0.346 e. The van der Waals surface area contributed by atoms with Gasteiger partial charge in [0.1, 0.15) is 0 Å². The van der Waals surface area contributed by atoms with E-state index >= 15 is 0 Å². The van der Waals surface area contributed by atoms with Crippen molar-refractivity contribution in [2.45, 2.75) is 38.6 Å². The molecular formula is C11H19N3O4. The van der Waals surface area contributed by atoms with Crippen LogP contribution >= 0.6 is 0 Å². The summed E-state index contributed by atoms with van der Waals surface area (Å²) in [6, 6.07) is 0. The molecule has 7 heteroatoms. The largest absolute Gasteiger partial charge is 0.469 e. The van der Waals surface area contributed by atoms with E-state index in [-0.39, 0.29) is 11.7 Å². The number of nitrogens with one attached hydrogen (secondary N) is 1. The molecule has 0 aliphatic heterocycles. The number of hydrogen-bond acceptors (Lipinski definition) is 4. The highest BCUT2D eigenvalue weighted by molar-refractivity contribution is 5.68. The molecule has 1 aromatic heterocycles. The molecule has 102 valence electrons. The third-order valence-corrected chi connectivity index (χ3v) is 2.79. The van der Waals surface area contributed by atoms with Gasteiger partial charge in [-0.15, -0.1) is 0 Å². The molecule has 0 aliphatic rings. The van der Waals surface area contributed by atoms with Gasteiger partial charge in [0, 0.05) is 20.0 Å². The number of carbonyl (C=O) groups excluding carboxylic acids is 1. The van der Waals surface area contributed by atoms with E-state index in [0.29, 0.717) is 13.0 Å². The number of aryl methyl sites for hydroxylation is 1. The highest BCUT2D eigenvalue weighted by Crippen LogP contribution is 2.04. The first kappa shape index (κ1) is 14.3. The predicted molar refractivity (Wildman–Crippen MR) is 65.4 cm³/mol. The quantitative estimate of drug-likeness (QED) is 0.550. The van der Waals surface area contributed by atoms with Crippen LogP contribution in [0, 0.1) is 0 Å². The number of methoxy groups -OCH3 is 1. The van der Waals surface area contributed by atoms with E-state index < -0.39 is 5.69 Å². The number of unbranched alkanes of at least 4 members (excludes halogenated alkanes) is 3. The first-order chi connectivity index (χ1) is 8.56. The molecule has 0 atom stereocenters. The minimum Gasteiger partial charge on any atom is -0.469 e. The summed E-state index contributed by atoms with van der Waals surface area (Å²) in [6.07, 6.45) is 3.81. The van der Waals surface area contributed by atoms with Crippen LogP contribution in [0.4, 0.5) is 0 Å². The van der Waals surface area contributed by atoms with Crippen molar-refractivity contribution < 1.29 is 9.53 Å². The number of nitrogens with zero attached hydrogens (tertiary/aromatic N) is 2. The molecule has 1 rings (SSSR count). The summed E-state index contributed by atoms with van der Waals surface area (Å²) in [5, 5.41) is 2.47. The summed E-state index contributed by atoms with van der Waals surface area (Å²) in [5.74, 6) is -0.196. The fourth-order valence-corrected chi connectivity index (χ4v) is 1.65. The Labute approximate surface area is 104 Å². The van der Waals surface area contributed by atoms with Gasteiger partial charge in [-0.1, -0.05) is 12.8 Å². The zero-order valence-corrected chi connectivity index (χ0v) is 10.8. The van der Waals surface area contributed by atoms with E-state index in [0.717, 1.165) is 30.3 Å². The first-order valence-corrected chi connectivity index (χ1v) is 5.99. The Kier molecular flexibility index (Phi) is 5.41. The molecule has 7 nitrogen and oxygen atoms in total. The van der Waals surface area contributed by atoms with Gasteiger partial charge in [-0.2, -0.15) is 0 Å². The third kappa shape index (κ3) is 3.90. The van der Waals surface area contributed by atoms with Gasteiger partial charge in [0.2, 0.25) is 0 Å². The highest BCUT2D eigenvalue weighted by atomic mass is 16.5. The van der Waals surface area contributed by atoms with Crippen molar-refractivity contribution >= 4 is 5.97 Å². The zero-order chi connectivity index (χ0) is 13.5. The van der Waals surface area contributed by atoms with Crippen LogP contribution in [-0.2, 0) is 23.1 Å². The molecule has 0 aromatic carbocycles. The molecule has 0 saturated carbocycles. The fraction of sp³-hybridized carbons (Fsp3) is 0.727. The summed E-state index contributed by atoms with van der Waals surface area (Å²) in [6.45, 7) is 0.493. The number of H-pyrrole nitrogens is 1. The Hall–Kier alpha value is -1.79. The topological polar surface area (TPSA) is 86.1 Å². The van der Waals surface area contributed by atoms with E-state index in [2.05, 4.69) is 9.84 Å². The van der Waals surface area contributed by atoms with Crippen LogP contribution in [-0.4, -0.2) is 27.4 Å². The van der Waals surface area contributed by atoms with Crippen LogP contribution < -0.4 is 11.4 Å². The van der Waals surface area contributed by atoms with Crippen LogP contribution in [0.5, 0.6) is 0 Å². The van der Waals surface area contributed by atoms with Crippen LogP contribution in [0.1, 0.15) is 32.1 Å². The maximum atomic E-state index is 11.5. The summed E-state index contributed by atoms with van der Waals surface area (Å²) >= 11 is 0. The Morgan fingerprint density at radius 3 is 2.44 bits per heavy atom. The van der Waals surface area contributed by atoms with Crippen LogP contribution in [0.25, 0.3) is 0 Å². The number of rotatable bonds is 7. The van der Waals surface area contributed by atoms with Crippen molar-refractivity contribution in [3.05, 3.63) is 21.0 Å². The fourth-order valence-electron chi connectivity index (χ4n) is 1.65. The molecule has 1 N–H and O–H groups in total. The van der Waals surface area contributed by atoms with Crippen molar-refractivity contribution in [2.75, 3.05) is 7.11 Å². The lowest BCUT2D eigenvalue weighted by atomic mass is 10.1. The van der Waals surface area contributed by atoms with Gasteiger partial charge < -0.3 is 4.74 Å². The molecule has 0 aliphatic carbocycles. The predicted octanol–water partition coefficient (Wildman–Crippen LogP) is -0.00140. The maximum absolute atomic E-state index is 11.5. The number of ether oxygens (including phenoxy) is 1.